The van der Waals surface area contributed by atoms with E-state index >= 15 is 0 Å². The van der Waals surface area contributed by atoms with E-state index in [0.717, 1.165) is 16.7 Å². The maximum Gasteiger partial charge on any atom is 0.235 e. The van der Waals surface area contributed by atoms with Gasteiger partial charge in [-0.3, -0.25) is 9.00 Å². The van der Waals surface area contributed by atoms with Crippen LogP contribution >= 0.6 is 0 Å². The second kappa shape index (κ2) is 8.64. The van der Waals surface area contributed by atoms with Gasteiger partial charge in [0.15, 0.2) is 0 Å². The van der Waals surface area contributed by atoms with Crippen LogP contribution < -0.4 is 10.1 Å². The van der Waals surface area contributed by atoms with E-state index in [1.165, 1.54) is 0 Å². The molecule has 24 heavy (non-hydrogen) atoms. The minimum atomic E-state index is -1.32. The van der Waals surface area contributed by atoms with Crippen LogP contribution in [0.1, 0.15) is 23.6 Å². The van der Waals surface area contributed by atoms with E-state index in [9.17, 15) is 9.00 Å². The summed E-state index contributed by atoms with van der Waals surface area (Å²) >= 11 is 0. The van der Waals surface area contributed by atoms with Crippen molar-refractivity contribution in [1.29, 1.82) is 0 Å². The van der Waals surface area contributed by atoms with Gasteiger partial charge >= 0.3 is 0 Å². The zero-order valence-electron chi connectivity index (χ0n) is 14.2. The summed E-state index contributed by atoms with van der Waals surface area (Å²) in [6.45, 7) is 4.11. The maximum atomic E-state index is 12.5. The van der Waals surface area contributed by atoms with Gasteiger partial charge in [0.2, 0.25) is 5.91 Å². The fourth-order valence-corrected chi connectivity index (χ4v) is 3.45. The van der Waals surface area contributed by atoms with E-state index in [-0.39, 0.29) is 5.91 Å². The molecule has 128 valence electrons. The maximum absolute atomic E-state index is 12.5. The molecule has 0 saturated carbocycles. The number of hydrogen-bond donors (Lipinski definition) is 1. The third-order valence-electron chi connectivity index (χ3n) is 3.81. The Kier molecular flexibility index (Phi) is 6.55. The third-order valence-corrected chi connectivity index (χ3v) is 5.41. The Hall–Kier alpha value is -2.14. The molecular weight excluding hydrogens is 322 g/mol. The summed E-state index contributed by atoms with van der Waals surface area (Å²) in [6, 6.07) is 15.4. The standard InChI is InChI=1S/C19H23NO3S/c1-14-9-10-18(23-3)17(11-14)13-24(22)15(2)19(21)20-12-16-7-5-4-6-8-16/h4-11,15H,12-13H2,1-3H3,(H,20,21)/t15-,24+/m1/s1. The van der Waals surface area contributed by atoms with Gasteiger partial charge in [0.25, 0.3) is 0 Å². The predicted molar refractivity (Wildman–Crippen MR) is 97.3 cm³/mol. The summed E-state index contributed by atoms with van der Waals surface area (Å²) in [5, 5.41) is 2.26. The zero-order chi connectivity index (χ0) is 17.5. The zero-order valence-corrected chi connectivity index (χ0v) is 15.1. The Bertz CT molecular complexity index is 716. The van der Waals surface area contributed by atoms with Crippen LogP contribution in [0.15, 0.2) is 48.5 Å². The average molecular weight is 345 g/mol. The quantitative estimate of drug-likeness (QED) is 0.839. The van der Waals surface area contributed by atoms with E-state index < -0.39 is 16.0 Å². The van der Waals surface area contributed by atoms with Gasteiger partial charge in [-0.1, -0.05) is 48.0 Å². The first-order valence-electron chi connectivity index (χ1n) is 7.83. The summed E-state index contributed by atoms with van der Waals surface area (Å²) in [7, 11) is 0.274. The lowest BCUT2D eigenvalue weighted by atomic mass is 10.1. The number of nitrogens with one attached hydrogen (secondary N) is 1. The van der Waals surface area contributed by atoms with Crippen molar-refractivity contribution in [3.8, 4) is 5.75 Å². The monoisotopic (exact) mass is 345 g/mol. The highest BCUT2D eigenvalue weighted by atomic mass is 32.2. The Morgan fingerprint density at radius 1 is 1.21 bits per heavy atom. The van der Waals surface area contributed by atoms with Crippen molar-refractivity contribution in [3.05, 3.63) is 65.2 Å². The van der Waals surface area contributed by atoms with Crippen molar-refractivity contribution >= 4 is 16.7 Å². The van der Waals surface area contributed by atoms with Gasteiger partial charge in [-0.05, 0) is 25.5 Å². The van der Waals surface area contributed by atoms with E-state index in [1.807, 2.05) is 55.5 Å². The lowest BCUT2D eigenvalue weighted by molar-refractivity contribution is -0.120. The minimum absolute atomic E-state index is 0.205. The highest BCUT2D eigenvalue weighted by Gasteiger charge is 2.21. The lowest BCUT2D eigenvalue weighted by Gasteiger charge is -2.14. The number of methoxy groups -OCH3 is 1. The first-order chi connectivity index (χ1) is 11.5. The van der Waals surface area contributed by atoms with Crippen molar-refractivity contribution in [2.45, 2.75) is 31.4 Å². The number of ether oxygens (including phenoxy) is 1. The molecule has 0 aliphatic carbocycles. The van der Waals surface area contributed by atoms with Crippen molar-refractivity contribution in [1.82, 2.24) is 5.32 Å². The van der Waals surface area contributed by atoms with E-state index in [2.05, 4.69) is 5.32 Å². The van der Waals surface area contributed by atoms with Gasteiger partial charge in [-0.15, -0.1) is 0 Å². The van der Waals surface area contributed by atoms with E-state index in [4.69, 9.17) is 4.74 Å². The Balaban J connectivity index is 1.96. The molecule has 5 heteroatoms. The fourth-order valence-electron chi connectivity index (χ4n) is 2.35. The topological polar surface area (TPSA) is 55.4 Å². The summed E-state index contributed by atoms with van der Waals surface area (Å²) in [4.78, 5) is 12.2. The Labute approximate surface area is 145 Å². The number of benzene rings is 2. The van der Waals surface area contributed by atoms with Crippen LogP contribution in [0, 0.1) is 6.92 Å². The fraction of sp³-hybridized carbons (Fsp3) is 0.316. The van der Waals surface area contributed by atoms with Crippen LogP contribution in [0.25, 0.3) is 0 Å². The highest BCUT2D eigenvalue weighted by Crippen LogP contribution is 2.22. The molecule has 0 saturated heterocycles. The molecule has 0 aromatic heterocycles. The number of hydrogen-bond acceptors (Lipinski definition) is 3. The molecule has 2 aromatic carbocycles. The number of amides is 1. The predicted octanol–water partition coefficient (Wildman–Crippen LogP) is 2.96. The van der Waals surface area contributed by atoms with Gasteiger partial charge in [-0.25, -0.2) is 0 Å². The number of carbonyl (C=O) groups excluding carboxylic acids is 1. The van der Waals surface area contributed by atoms with Crippen LogP contribution in [0.4, 0.5) is 0 Å². The SMILES string of the molecule is COc1ccc(C)cc1C[S@](=O)[C@H](C)C(=O)NCc1ccccc1. The smallest absolute Gasteiger partial charge is 0.235 e. The molecule has 0 fully saturated rings. The van der Waals surface area contributed by atoms with Crippen LogP contribution in [0.2, 0.25) is 0 Å². The molecule has 2 rings (SSSR count). The number of carbonyl (C=O) groups is 1. The molecular formula is C19H23NO3S. The molecule has 2 atom stereocenters. The molecule has 4 nitrogen and oxygen atoms in total. The van der Waals surface area contributed by atoms with Gasteiger partial charge in [0.1, 0.15) is 11.0 Å². The first kappa shape index (κ1) is 18.2. The molecule has 0 unspecified atom stereocenters. The molecule has 2 aromatic rings. The molecule has 0 aliphatic heterocycles. The number of rotatable bonds is 7. The van der Waals surface area contributed by atoms with Gasteiger partial charge in [0.05, 0.1) is 12.9 Å². The van der Waals surface area contributed by atoms with Crippen LogP contribution in [0.5, 0.6) is 5.75 Å². The Morgan fingerprint density at radius 2 is 1.92 bits per heavy atom. The molecule has 0 heterocycles. The van der Waals surface area contributed by atoms with Gasteiger partial charge in [0, 0.05) is 22.9 Å². The van der Waals surface area contributed by atoms with Crippen LogP contribution in [-0.2, 0) is 27.9 Å². The normalized spacial score (nSPS) is 13.1. The average Bonchev–Trinajstić information content (AvgIpc) is 2.60. The van der Waals surface area contributed by atoms with Crippen molar-refractivity contribution < 1.29 is 13.7 Å². The first-order valence-corrected chi connectivity index (χ1v) is 9.22. The third kappa shape index (κ3) is 4.93. The van der Waals surface area contributed by atoms with E-state index in [0.29, 0.717) is 18.0 Å². The molecule has 0 aliphatic rings. The van der Waals surface area contributed by atoms with Gasteiger partial charge < -0.3 is 10.1 Å². The molecule has 1 amide bonds. The second-order valence-corrected chi connectivity index (χ2v) is 7.44. The molecule has 1 N–H and O–H groups in total. The van der Waals surface area contributed by atoms with Crippen LogP contribution in [0.3, 0.4) is 0 Å². The Morgan fingerprint density at radius 3 is 2.58 bits per heavy atom. The molecule has 0 spiro atoms. The molecule has 0 radical (unpaired) electrons. The van der Waals surface area contributed by atoms with E-state index in [1.54, 1.807) is 14.0 Å². The van der Waals surface area contributed by atoms with Crippen molar-refractivity contribution in [2.24, 2.45) is 0 Å². The lowest BCUT2D eigenvalue weighted by Crippen LogP contribution is -2.35. The summed E-state index contributed by atoms with van der Waals surface area (Å²) in [5.41, 5.74) is 2.95. The minimum Gasteiger partial charge on any atom is -0.496 e. The van der Waals surface area contributed by atoms with Crippen molar-refractivity contribution in [2.75, 3.05) is 7.11 Å². The highest BCUT2D eigenvalue weighted by molar-refractivity contribution is 7.85. The van der Waals surface area contributed by atoms with Gasteiger partial charge in [-0.2, -0.15) is 0 Å². The molecule has 0 bridgehead atoms. The second-order valence-electron chi connectivity index (χ2n) is 5.69. The largest absolute Gasteiger partial charge is 0.496 e. The summed E-state index contributed by atoms with van der Waals surface area (Å²) in [5.74, 6) is 0.791. The number of aryl methyl sites for hydroxylation is 1. The summed E-state index contributed by atoms with van der Waals surface area (Å²) < 4.78 is 17.9. The van der Waals surface area contributed by atoms with Crippen LogP contribution in [-0.4, -0.2) is 22.5 Å². The van der Waals surface area contributed by atoms with Crippen molar-refractivity contribution in [3.63, 3.8) is 0 Å². The summed E-state index contributed by atoms with van der Waals surface area (Å²) in [6.07, 6.45) is 0.